The number of hydrogen-bond donors (Lipinski definition) is 0. The van der Waals surface area contributed by atoms with Gasteiger partial charge in [0.15, 0.2) is 0 Å². The van der Waals surface area contributed by atoms with E-state index >= 15 is 0 Å². The Morgan fingerprint density at radius 1 is 0.500 bits per heavy atom. The van der Waals surface area contributed by atoms with Crippen molar-refractivity contribution in [2.75, 3.05) is 0 Å². The molecular formula is C29H60O2Si. The molecule has 192 valence electrons. The van der Waals surface area contributed by atoms with Crippen LogP contribution in [-0.2, 0) is 9.22 Å². The number of hydrogen-bond acceptors (Lipinski definition) is 2. The van der Waals surface area contributed by atoms with E-state index in [1.54, 1.807) is 0 Å². The van der Waals surface area contributed by atoms with Crippen LogP contribution >= 0.6 is 0 Å². The van der Waals surface area contributed by atoms with Gasteiger partial charge in [0.2, 0.25) is 8.32 Å². The maximum Gasteiger partial charge on any atom is 0.292 e. The van der Waals surface area contributed by atoms with Gasteiger partial charge < -0.3 is 4.43 Å². The molecule has 0 fully saturated rings. The minimum absolute atomic E-state index is 0.0688. The molecule has 0 aliphatic rings. The van der Waals surface area contributed by atoms with Crippen molar-refractivity contribution in [3.05, 3.63) is 0 Å². The van der Waals surface area contributed by atoms with Crippen molar-refractivity contribution in [2.24, 2.45) is 0 Å². The zero-order valence-corrected chi connectivity index (χ0v) is 23.8. The Hall–Kier alpha value is -0.313. The van der Waals surface area contributed by atoms with E-state index in [-0.39, 0.29) is 5.97 Å². The first-order valence-electron chi connectivity index (χ1n) is 14.7. The van der Waals surface area contributed by atoms with E-state index in [9.17, 15) is 4.79 Å². The lowest BCUT2D eigenvalue weighted by molar-refractivity contribution is -0.135. The predicted molar refractivity (Wildman–Crippen MR) is 146 cm³/mol. The largest absolute Gasteiger partial charge is 0.520 e. The van der Waals surface area contributed by atoms with Crippen LogP contribution < -0.4 is 0 Å². The first-order chi connectivity index (χ1) is 15.5. The summed E-state index contributed by atoms with van der Waals surface area (Å²) >= 11 is 0. The predicted octanol–water partition coefficient (Wildman–Crippen LogP) is 10.7. The van der Waals surface area contributed by atoms with E-state index in [2.05, 4.69) is 26.9 Å². The molecule has 2 nitrogen and oxygen atoms in total. The van der Waals surface area contributed by atoms with E-state index in [1.165, 1.54) is 135 Å². The second-order valence-electron chi connectivity index (χ2n) is 10.8. The van der Waals surface area contributed by atoms with Gasteiger partial charge in [-0.1, -0.05) is 149 Å². The molecule has 0 aliphatic heterocycles. The van der Waals surface area contributed by atoms with Crippen LogP contribution in [0.3, 0.4) is 0 Å². The molecule has 0 rings (SSSR count). The smallest absolute Gasteiger partial charge is 0.292 e. The molecule has 0 atom stereocenters. The average Bonchev–Trinajstić information content (AvgIpc) is 2.75. The van der Waals surface area contributed by atoms with E-state index in [4.69, 9.17) is 4.43 Å². The van der Waals surface area contributed by atoms with Crippen LogP contribution in [-0.4, -0.2) is 14.3 Å². The Kier molecular flexibility index (Phi) is 23.6. The summed E-state index contributed by atoms with van der Waals surface area (Å²) in [6.07, 6.45) is 30.4. The maximum absolute atomic E-state index is 12.2. The van der Waals surface area contributed by atoms with Crippen molar-refractivity contribution in [3.8, 4) is 0 Å². The SMILES string of the molecule is CCCCCCCCCCCCCCCCCC(=O)O[Si](C)(C)CCCCCCCCC. The summed E-state index contributed by atoms with van der Waals surface area (Å²) in [6.45, 7) is 8.99. The molecule has 0 amide bonds. The number of rotatable bonds is 25. The quantitative estimate of drug-likeness (QED) is 0.0983. The van der Waals surface area contributed by atoms with E-state index in [0.717, 1.165) is 12.5 Å². The van der Waals surface area contributed by atoms with Gasteiger partial charge in [0.1, 0.15) is 0 Å². The van der Waals surface area contributed by atoms with Crippen molar-refractivity contribution < 1.29 is 9.22 Å². The number of carbonyl (C=O) groups excluding carboxylic acids is 1. The molecule has 0 unspecified atom stereocenters. The standard InChI is InChI=1S/C29H60O2Si/c1-5-7-9-11-13-14-15-16-17-18-19-20-21-23-25-27-29(30)31-32(3,4)28-26-24-22-12-10-8-6-2/h5-28H2,1-4H3. The van der Waals surface area contributed by atoms with Gasteiger partial charge in [0.25, 0.3) is 5.97 Å². The van der Waals surface area contributed by atoms with Crippen LogP contribution in [0.25, 0.3) is 0 Å². The zero-order chi connectivity index (χ0) is 23.8. The summed E-state index contributed by atoms with van der Waals surface area (Å²) < 4.78 is 5.90. The highest BCUT2D eigenvalue weighted by Gasteiger charge is 2.25. The summed E-state index contributed by atoms with van der Waals surface area (Å²) in [5.74, 6) is 0.0688. The van der Waals surface area contributed by atoms with Gasteiger partial charge in [-0.3, -0.25) is 4.79 Å². The summed E-state index contributed by atoms with van der Waals surface area (Å²) in [4.78, 5) is 12.2. The van der Waals surface area contributed by atoms with E-state index in [0.29, 0.717) is 6.42 Å². The molecule has 0 aromatic carbocycles. The first kappa shape index (κ1) is 31.7. The number of unbranched alkanes of at least 4 members (excludes halogenated alkanes) is 20. The van der Waals surface area contributed by atoms with Crippen LogP contribution in [0.4, 0.5) is 0 Å². The van der Waals surface area contributed by atoms with Crippen LogP contribution in [0.2, 0.25) is 19.1 Å². The third kappa shape index (κ3) is 24.3. The maximum atomic E-state index is 12.2. The minimum Gasteiger partial charge on any atom is -0.520 e. The molecule has 0 spiro atoms. The number of carbonyl (C=O) groups is 1. The molecule has 0 radical (unpaired) electrons. The van der Waals surface area contributed by atoms with Crippen LogP contribution in [0, 0.1) is 0 Å². The summed E-state index contributed by atoms with van der Waals surface area (Å²) in [7, 11) is -1.80. The highest BCUT2D eigenvalue weighted by Crippen LogP contribution is 2.19. The Labute approximate surface area is 204 Å². The van der Waals surface area contributed by atoms with Gasteiger partial charge in [0.05, 0.1) is 0 Å². The fourth-order valence-corrected chi connectivity index (χ4v) is 6.48. The molecule has 32 heavy (non-hydrogen) atoms. The Morgan fingerprint density at radius 3 is 1.19 bits per heavy atom. The molecule has 0 N–H and O–H groups in total. The van der Waals surface area contributed by atoms with E-state index < -0.39 is 8.32 Å². The van der Waals surface area contributed by atoms with E-state index in [1.807, 2.05) is 0 Å². The average molecular weight is 469 g/mol. The molecule has 0 aromatic heterocycles. The Balaban J connectivity index is 3.40. The summed E-state index contributed by atoms with van der Waals surface area (Å²) in [6, 6.07) is 1.13. The first-order valence-corrected chi connectivity index (χ1v) is 17.8. The second-order valence-corrected chi connectivity index (χ2v) is 15.0. The van der Waals surface area contributed by atoms with Crippen molar-refractivity contribution in [1.29, 1.82) is 0 Å². The third-order valence-corrected chi connectivity index (χ3v) is 9.09. The Morgan fingerprint density at radius 2 is 0.812 bits per heavy atom. The topological polar surface area (TPSA) is 26.3 Å². The van der Waals surface area contributed by atoms with Crippen molar-refractivity contribution in [2.45, 2.75) is 181 Å². The molecule has 0 saturated heterocycles. The fraction of sp³-hybridized carbons (Fsp3) is 0.966. The highest BCUT2D eigenvalue weighted by molar-refractivity contribution is 6.72. The summed E-state index contributed by atoms with van der Waals surface area (Å²) in [5.41, 5.74) is 0. The molecule has 0 bridgehead atoms. The van der Waals surface area contributed by atoms with Gasteiger partial charge in [-0.15, -0.1) is 0 Å². The van der Waals surface area contributed by atoms with Gasteiger partial charge in [0, 0.05) is 6.42 Å². The zero-order valence-electron chi connectivity index (χ0n) is 22.8. The van der Waals surface area contributed by atoms with Gasteiger partial charge in [-0.2, -0.15) is 0 Å². The summed E-state index contributed by atoms with van der Waals surface area (Å²) in [5, 5.41) is 0. The molecule has 0 heterocycles. The lowest BCUT2D eigenvalue weighted by Crippen LogP contribution is -2.33. The monoisotopic (exact) mass is 468 g/mol. The molecular weight excluding hydrogens is 408 g/mol. The normalized spacial score (nSPS) is 11.8. The second kappa shape index (κ2) is 23.8. The van der Waals surface area contributed by atoms with Gasteiger partial charge in [-0.25, -0.2) is 0 Å². The van der Waals surface area contributed by atoms with Crippen LogP contribution in [0.5, 0.6) is 0 Å². The molecule has 0 aliphatic carbocycles. The molecule has 0 saturated carbocycles. The van der Waals surface area contributed by atoms with Crippen LogP contribution in [0.1, 0.15) is 162 Å². The minimum atomic E-state index is -1.80. The Bertz CT molecular complexity index is 395. The van der Waals surface area contributed by atoms with Gasteiger partial charge in [-0.05, 0) is 25.6 Å². The van der Waals surface area contributed by atoms with Crippen molar-refractivity contribution in [1.82, 2.24) is 0 Å². The lowest BCUT2D eigenvalue weighted by atomic mass is 10.0. The molecule has 0 aromatic rings. The highest BCUT2D eigenvalue weighted by atomic mass is 28.4. The fourth-order valence-electron chi connectivity index (χ4n) is 4.56. The van der Waals surface area contributed by atoms with Crippen LogP contribution in [0.15, 0.2) is 0 Å². The lowest BCUT2D eigenvalue weighted by Gasteiger charge is -2.22. The van der Waals surface area contributed by atoms with Crippen molar-refractivity contribution in [3.63, 3.8) is 0 Å². The molecule has 3 heteroatoms. The van der Waals surface area contributed by atoms with Crippen molar-refractivity contribution >= 4 is 14.3 Å². The third-order valence-electron chi connectivity index (χ3n) is 6.76. The van der Waals surface area contributed by atoms with Gasteiger partial charge >= 0.3 is 0 Å².